The standard InChI is InChI=1S/C33H40F3N3O4.Na/c1-5-7-26(21-10-12-22(13-11-21)29(42)37-19-16-27(40)41)39-30(43)28(23-8-6-9-25(20-23)33(34,35)36)38-32(39)17-14-24(15-18-32)31(2,3)4;/h6,8-13,20,24,26H,5,7,14-19H2,1-4H3,(H,37,42)(H,40,41);/q;+1/p-1/t24?,26-,32?;/m1./s1. The van der Waals surface area contributed by atoms with Crippen molar-refractivity contribution in [2.75, 3.05) is 6.54 Å². The Labute approximate surface area is 279 Å². The van der Waals surface area contributed by atoms with E-state index in [4.69, 9.17) is 4.99 Å². The molecule has 0 radical (unpaired) electrons. The summed E-state index contributed by atoms with van der Waals surface area (Å²) in [6, 6.07) is 11.2. The first-order chi connectivity index (χ1) is 20.2. The molecule has 2 aromatic rings. The monoisotopic (exact) mass is 621 g/mol. The van der Waals surface area contributed by atoms with Gasteiger partial charge in [-0.3, -0.25) is 14.6 Å². The van der Waals surface area contributed by atoms with E-state index in [-0.39, 0.29) is 59.2 Å². The fraction of sp³-hybridized carbons (Fsp3) is 0.515. The number of carbonyl (C=O) groups excluding carboxylic acids is 3. The number of nitrogens with one attached hydrogen (secondary N) is 1. The van der Waals surface area contributed by atoms with Gasteiger partial charge in [0.15, 0.2) is 0 Å². The number of halogens is 3. The van der Waals surface area contributed by atoms with Gasteiger partial charge in [-0.05, 0) is 73.3 Å². The average Bonchev–Trinajstić information content (AvgIpc) is 3.21. The minimum Gasteiger partial charge on any atom is -0.550 e. The Morgan fingerprint density at radius 1 is 1.09 bits per heavy atom. The van der Waals surface area contributed by atoms with E-state index in [0.29, 0.717) is 30.7 Å². The van der Waals surface area contributed by atoms with Crippen LogP contribution in [-0.4, -0.2) is 40.6 Å². The molecule has 7 nitrogen and oxygen atoms in total. The number of carbonyl (C=O) groups is 3. The first-order valence-electron chi connectivity index (χ1n) is 14.9. The third kappa shape index (κ3) is 7.93. The maximum absolute atomic E-state index is 14.3. The van der Waals surface area contributed by atoms with Crippen molar-refractivity contribution in [1.29, 1.82) is 0 Å². The molecule has 4 rings (SSSR count). The zero-order valence-electron chi connectivity index (χ0n) is 26.1. The normalized spacial score (nSPS) is 21.1. The van der Waals surface area contributed by atoms with E-state index in [2.05, 4.69) is 26.1 Å². The number of amides is 2. The summed E-state index contributed by atoms with van der Waals surface area (Å²) >= 11 is 0. The molecule has 1 fully saturated rings. The molecule has 0 bridgehead atoms. The van der Waals surface area contributed by atoms with Gasteiger partial charge in [0.2, 0.25) is 0 Å². The van der Waals surface area contributed by atoms with Crippen molar-refractivity contribution in [3.05, 3.63) is 70.8 Å². The molecule has 1 saturated carbocycles. The summed E-state index contributed by atoms with van der Waals surface area (Å²) in [6.07, 6.45) is -0.661. The number of aliphatic carboxylic acids is 1. The van der Waals surface area contributed by atoms with Gasteiger partial charge in [0.25, 0.3) is 11.8 Å². The minimum absolute atomic E-state index is 0. The molecule has 0 unspecified atom stereocenters. The molecule has 232 valence electrons. The number of benzene rings is 2. The molecule has 2 amide bonds. The fourth-order valence-electron chi connectivity index (χ4n) is 6.33. The summed E-state index contributed by atoms with van der Waals surface area (Å²) in [4.78, 5) is 44.2. The van der Waals surface area contributed by atoms with Gasteiger partial charge in [-0.15, -0.1) is 0 Å². The summed E-state index contributed by atoms with van der Waals surface area (Å²) < 4.78 is 40.7. The Morgan fingerprint density at radius 2 is 1.73 bits per heavy atom. The smallest absolute Gasteiger partial charge is 0.550 e. The number of aliphatic imine (C=N–C) groups is 1. The number of hydrogen-bond donors (Lipinski definition) is 1. The largest absolute Gasteiger partial charge is 1.00 e. The van der Waals surface area contributed by atoms with Crippen molar-refractivity contribution in [3.8, 4) is 0 Å². The van der Waals surface area contributed by atoms with Crippen LogP contribution in [0.4, 0.5) is 13.2 Å². The Morgan fingerprint density at radius 3 is 2.27 bits per heavy atom. The average molecular weight is 622 g/mol. The van der Waals surface area contributed by atoms with Gasteiger partial charge in [0.1, 0.15) is 11.4 Å². The van der Waals surface area contributed by atoms with Crippen LogP contribution in [0.25, 0.3) is 0 Å². The molecular weight excluding hydrogens is 582 g/mol. The quantitative estimate of drug-likeness (QED) is 0.435. The van der Waals surface area contributed by atoms with Gasteiger partial charge in [0, 0.05) is 30.1 Å². The molecule has 1 aliphatic carbocycles. The number of alkyl halides is 3. The molecule has 1 aliphatic heterocycles. The van der Waals surface area contributed by atoms with E-state index in [9.17, 15) is 32.7 Å². The minimum atomic E-state index is -4.55. The molecule has 44 heavy (non-hydrogen) atoms. The first kappa shape index (κ1) is 35.8. The van der Waals surface area contributed by atoms with Crippen molar-refractivity contribution < 1.29 is 62.2 Å². The number of rotatable bonds is 9. The molecule has 1 spiro atoms. The molecule has 11 heteroatoms. The SMILES string of the molecule is CCC[C@H](c1ccc(C(=O)NCCC(=O)[O-])cc1)N1C(=O)C(c2cccc(C(F)(F)F)c2)=NC12CCC(C(C)(C)C)CC2.[Na+]. The van der Waals surface area contributed by atoms with E-state index in [1.54, 1.807) is 29.2 Å². The van der Waals surface area contributed by atoms with E-state index < -0.39 is 41.2 Å². The molecule has 2 aromatic carbocycles. The first-order valence-corrected chi connectivity index (χ1v) is 14.9. The van der Waals surface area contributed by atoms with Gasteiger partial charge in [-0.1, -0.05) is 58.4 Å². The Balaban J connectivity index is 0.00000529. The fourth-order valence-corrected chi connectivity index (χ4v) is 6.33. The van der Waals surface area contributed by atoms with Gasteiger partial charge >= 0.3 is 35.7 Å². The van der Waals surface area contributed by atoms with Crippen molar-refractivity contribution in [1.82, 2.24) is 10.2 Å². The third-order valence-corrected chi connectivity index (χ3v) is 8.71. The van der Waals surface area contributed by atoms with Crippen LogP contribution in [0.2, 0.25) is 0 Å². The number of carboxylic acids is 1. The van der Waals surface area contributed by atoms with Crippen LogP contribution in [0.3, 0.4) is 0 Å². The maximum atomic E-state index is 14.3. The third-order valence-electron chi connectivity index (χ3n) is 8.71. The maximum Gasteiger partial charge on any atom is 1.00 e. The van der Waals surface area contributed by atoms with E-state index >= 15 is 0 Å². The Hall–Kier alpha value is -2.69. The summed E-state index contributed by atoms with van der Waals surface area (Å²) in [5.41, 5.74) is -0.316. The van der Waals surface area contributed by atoms with Crippen molar-refractivity contribution in [3.63, 3.8) is 0 Å². The second kappa shape index (κ2) is 14.2. The van der Waals surface area contributed by atoms with Crippen LogP contribution in [0, 0.1) is 11.3 Å². The number of nitrogens with zero attached hydrogens (tertiary/aromatic N) is 2. The Bertz CT molecular complexity index is 1380. The second-order valence-electron chi connectivity index (χ2n) is 12.6. The van der Waals surface area contributed by atoms with Gasteiger partial charge < -0.3 is 20.1 Å². The van der Waals surface area contributed by atoms with Crippen molar-refractivity contribution >= 4 is 23.5 Å². The molecule has 1 heterocycles. The number of carboxylic acid groups (broad SMARTS) is 1. The van der Waals surface area contributed by atoms with Crippen LogP contribution < -0.4 is 40.0 Å². The van der Waals surface area contributed by atoms with Crippen LogP contribution in [-0.2, 0) is 15.8 Å². The summed E-state index contributed by atoms with van der Waals surface area (Å²) in [6.45, 7) is 8.53. The zero-order valence-corrected chi connectivity index (χ0v) is 28.1. The second-order valence-corrected chi connectivity index (χ2v) is 12.6. The predicted molar refractivity (Wildman–Crippen MR) is 155 cm³/mol. The molecule has 1 atom stereocenters. The summed E-state index contributed by atoms with van der Waals surface area (Å²) in [5.74, 6) is -1.66. The zero-order chi connectivity index (χ0) is 31.6. The van der Waals surface area contributed by atoms with Gasteiger partial charge in [-0.2, -0.15) is 13.2 Å². The van der Waals surface area contributed by atoms with E-state index in [1.807, 2.05) is 6.92 Å². The van der Waals surface area contributed by atoms with Crippen LogP contribution in [0.15, 0.2) is 53.5 Å². The Kier molecular flexibility index (Phi) is 11.5. The molecule has 0 saturated heterocycles. The van der Waals surface area contributed by atoms with E-state index in [0.717, 1.165) is 37.0 Å². The topological polar surface area (TPSA) is 102 Å². The van der Waals surface area contributed by atoms with Crippen LogP contribution >= 0.6 is 0 Å². The van der Waals surface area contributed by atoms with Crippen LogP contribution in [0.5, 0.6) is 0 Å². The van der Waals surface area contributed by atoms with Gasteiger partial charge in [0.05, 0.1) is 11.6 Å². The molecule has 0 aromatic heterocycles. The van der Waals surface area contributed by atoms with E-state index in [1.165, 1.54) is 12.1 Å². The molecular formula is C33H39F3N3NaO4. The van der Waals surface area contributed by atoms with Gasteiger partial charge in [-0.25, -0.2) is 0 Å². The summed E-state index contributed by atoms with van der Waals surface area (Å²) in [5, 5.41) is 13.2. The predicted octanol–water partition coefficient (Wildman–Crippen LogP) is 2.68. The van der Waals surface area contributed by atoms with Crippen molar-refractivity contribution in [2.24, 2.45) is 16.3 Å². The number of hydrogen-bond acceptors (Lipinski definition) is 5. The summed E-state index contributed by atoms with van der Waals surface area (Å²) in [7, 11) is 0. The van der Waals surface area contributed by atoms with Crippen molar-refractivity contribution in [2.45, 2.75) is 90.5 Å². The molecule has 1 N–H and O–H groups in total. The van der Waals surface area contributed by atoms with Crippen LogP contribution in [0.1, 0.15) is 106 Å². The molecule has 2 aliphatic rings.